The molecule has 0 amide bonds. The van der Waals surface area contributed by atoms with E-state index in [0.29, 0.717) is 35.7 Å². The molecule has 4 rings (SSSR count). The highest BCUT2D eigenvalue weighted by molar-refractivity contribution is 6.01. The summed E-state index contributed by atoms with van der Waals surface area (Å²) in [5.74, 6) is 0.752. The summed E-state index contributed by atoms with van der Waals surface area (Å²) in [5.41, 5.74) is 8.68. The number of benzene rings is 1. The lowest BCUT2D eigenvalue weighted by Gasteiger charge is -2.42. The third-order valence-corrected chi connectivity index (χ3v) is 5.42. The normalized spacial score (nSPS) is 21.1. The molecule has 0 saturated heterocycles. The van der Waals surface area contributed by atoms with Gasteiger partial charge in [0.2, 0.25) is 5.95 Å². The van der Waals surface area contributed by atoms with E-state index in [-0.39, 0.29) is 17.0 Å². The molecular formula is C21H22N6O2. The van der Waals surface area contributed by atoms with Crippen molar-refractivity contribution in [3.05, 3.63) is 58.8 Å². The molecule has 1 atom stereocenters. The van der Waals surface area contributed by atoms with Gasteiger partial charge in [0.1, 0.15) is 17.9 Å². The minimum atomic E-state index is -0.548. The molecule has 0 spiro atoms. The van der Waals surface area contributed by atoms with Crippen LogP contribution in [0.4, 0.5) is 5.95 Å². The first-order valence-electron chi connectivity index (χ1n) is 9.31. The smallest absolute Gasteiger partial charge is 0.231 e. The summed E-state index contributed by atoms with van der Waals surface area (Å²) in [6.45, 7) is 4.10. The van der Waals surface area contributed by atoms with Crippen LogP contribution in [0.2, 0.25) is 0 Å². The Bertz CT molecular complexity index is 1070. The zero-order valence-corrected chi connectivity index (χ0v) is 16.6. The first kappa shape index (κ1) is 18.7. The Morgan fingerprint density at radius 3 is 2.83 bits per heavy atom. The molecule has 0 saturated carbocycles. The number of nitrogens with zero attached hydrogens (tertiary/aromatic N) is 4. The number of nitrogens with two attached hydrogens (primary N) is 1. The van der Waals surface area contributed by atoms with Gasteiger partial charge in [-0.2, -0.15) is 15.3 Å². The Labute approximate surface area is 168 Å². The lowest BCUT2D eigenvalue weighted by molar-refractivity contribution is -0.118. The Morgan fingerprint density at radius 2 is 2.17 bits per heavy atom. The van der Waals surface area contributed by atoms with Gasteiger partial charge >= 0.3 is 0 Å². The SMILES string of the molecule is COc1cccc([C@H]2C(C#N)=C(N)N(c3ncn[nH]3)C3=C2C(=O)CC(C)(C)C3)c1. The molecule has 2 heterocycles. The number of anilines is 1. The summed E-state index contributed by atoms with van der Waals surface area (Å²) >= 11 is 0. The molecule has 3 N–H and O–H groups in total. The number of methoxy groups -OCH3 is 1. The van der Waals surface area contributed by atoms with Crippen molar-refractivity contribution in [1.29, 1.82) is 5.26 Å². The maximum absolute atomic E-state index is 13.3. The van der Waals surface area contributed by atoms with Crippen molar-refractivity contribution in [3.8, 4) is 11.8 Å². The number of rotatable bonds is 3. The molecular weight excluding hydrogens is 368 g/mol. The van der Waals surface area contributed by atoms with Gasteiger partial charge in [0.15, 0.2) is 5.78 Å². The predicted molar refractivity (Wildman–Crippen MR) is 106 cm³/mol. The molecule has 2 aromatic rings. The summed E-state index contributed by atoms with van der Waals surface area (Å²) in [6.07, 6.45) is 2.39. The maximum Gasteiger partial charge on any atom is 0.231 e. The average molecular weight is 390 g/mol. The first-order valence-corrected chi connectivity index (χ1v) is 9.31. The number of carbonyl (C=O) groups excluding carboxylic acids is 1. The number of ketones is 1. The van der Waals surface area contributed by atoms with E-state index in [4.69, 9.17) is 10.5 Å². The number of H-pyrrole nitrogens is 1. The number of allylic oxidation sites excluding steroid dienone is 3. The van der Waals surface area contributed by atoms with Gasteiger partial charge in [-0.15, -0.1) is 0 Å². The number of hydrogen-bond acceptors (Lipinski definition) is 7. The molecule has 0 radical (unpaired) electrons. The molecule has 0 unspecified atom stereocenters. The van der Waals surface area contributed by atoms with Crippen LogP contribution in [0.1, 0.15) is 38.2 Å². The second-order valence-corrected chi connectivity index (χ2v) is 8.07. The molecule has 8 nitrogen and oxygen atoms in total. The number of aromatic amines is 1. The van der Waals surface area contributed by atoms with Gasteiger partial charge in [-0.3, -0.25) is 9.69 Å². The van der Waals surface area contributed by atoms with Gasteiger partial charge in [0.05, 0.1) is 24.7 Å². The van der Waals surface area contributed by atoms with E-state index < -0.39 is 5.92 Å². The molecule has 0 fully saturated rings. The highest BCUT2D eigenvalue weighted by Crippen LogP contribution is 2.49. The summed E-state index contributed by atoms with van der Waals surface area (Å²) in [4.78, 5) is 19.2. The first-order chi connectivity index (χ1) is 13.9. The zero-order valence-electron chi connectivity index (χ0n) is 16.6. The molecule has 1 aliphatic heterocycles. The molecule has 8 heteroatoms. The Kier molecular flexibility index (Phi) is 4.38. The van der Waals surface area contributed by atoms with E-state index in [1.807, 2.05) is 38.1 Å². The summed E-state index contributed by atoms with van der Waals surface area (Å²) in [7, 11) is 1.58. The molecule has 0 bridgehead atoms. The monoisotopic (exact) mass is 390 g/mol. The number of hydrogen-bond donors (Lipinski definition) is 2. The minimum absolute atomic E-state index is 0.00818. The van der Waals surface area contributed by atoms with Crippen molar-refractivity contribution in [3.63, 3.8) is 0 Å². The highest BCUT2D eigenvalue weighted by atomic mass is 16.5. The molecule has 1 aromatic heterocycles. The van der Waals surface area contributed by atoms with Crippen LogP contribution in [0.15, 0.2) is 53.3 Å². The minimum Gasteiger partial charge on any atom is -0.497 e. The Hall–Kier alpha value is -3.60. The lowest BCUT2D eigenvalue weighted by atomic mass is 9.68. The largest absolute Gasteiger partial charge is 0.497 e. The number of ether oxygens (including phenoxy) is 1. The quantitative estimate of drug-likeness (QED) is 0.826. The molecule has 29 heavy (non-hydrogen) atoms. The van der Waals surface area contributed by atoms with E-state index in [2.05, 4.69) is 21.3 Å². The van der Waals surface area contributed by atoms with Crippen molar-refractivity contribution in [2.24, 2.45) is 11.1 Å². The Balaban J connectivity index is 1.99. The van der Waals surface area contributed by atoms with Crippen molar-refractivity contribution >= 4 is 11.7 Å². The van der Waals surface area contributed by atoms with Crippen LogP contribution >= 0.6 is 0 Å². The maximum atomic E-state index is 13.3. The fourth-order valence-corrected chi connectivity index (χ4v) is 4.21. The standard InChI is InChI=1S/C21H22N6O2/c1-21(2)8-15-18(16(28)9-21)17(12-5-4-6-13(7-12)29-3)14(10-22)19(23)27(15)20-24-11-25-26-20/h4-7,11,17H,8-9,23H2,1-3H3,(H,24,25,26)/t17-/m0/s1. The van der Waals surface area contributed by atoms with E-state index >= 15 is 0 Å². The second-order valence-electron chi connectivity index (χ2n) is 8.07. The van der Waals surface area contributed by atoms with Gasteiger partial charge < -0.3 is 10.5 Å². The zero-order chi connectivity index (χ0) is 20.8. The van der Waals surface area contributed by atoms with Gasteiger partial charge in [0, 0.05) is 17.7 Å². The van der Waals surface area contributed by atoms with Crippen LogP contribution in [0, 0.1) is 16.7 Å². The predicted octanol–water partition coefficient (Wildman–Crippen LogP) is 2.75. The summed E-state index contributed by atoms with van der Waals surface area (Å²) < 4.78 is 5.35. The molecule has 2 aliphatic rings. The van der Waals surface area contributed by atoms with Crippen molar-refractivity contribution in [1.82, 2.24) is 15.2 Å². The van der Waals surface area contributed by atoms with E-state index in [1.165, 1.54) is 6.33 Å². The third kappa shape index (κ3) is 3.05. The molecule has 1 aromatic carbocycles. The summed E-state index contributed by atoms with van der Waals surface area (Å²) in [6, 6.07) is 9.64. The van der Waals surface area contributed by atoms with Gasteiger partial charge in [-0.1, -0.05) is 26.0 Å². The van der Waals surface area contributed by atoms with Gasteiger partial charge in [0.25, 0.3) is 0 Å². The van der Waals surface area contributed by atoms with Crippen LogP contribution < -0.4 is 15.4 Å². The van der Waals surface area contributed by atoms with Crippen LogP contribution in [0.5, 0.6) is 5.75 Å². The van der Waals surface area contributed by atoms with E-state index in [0.717, 1.165) is 11.3 Å². The number of nitriles is 1. The van der Waals surface area contributed by atoms with Crippen molar-refractivity contribution in [2.75, 3.05) is 12.0 Å². The van der Waals surface area contributed by atoms with Crippen molar-refractivity contribution in [2.45, 2.75) is 32.6 Å². The second kappa shape index (κ2) is 6.78. The Morgan fingerprint density at radius 1 is 1.38 bits per heavy atom. The van der Waals surface area contributed by atoms with Crippen LogP contribution in [0.3, 0.4) is 0 Å². The van der Waals surface area contributed by atoms with E-state index in [1.54, 1.807) is 12.0 Å². The van der Waals surface area contributed by atoms with Crippen LogP contribution in [-0.4, -0.2) is 28.1 Å². The van der Waals surface area contributed by atoms with Gasteiger partial charge in [-0.25, -0.2) is 5.10 Å². The summed E-state index contributed by atoms with van der Waals surface area (Å²) in [5, 5.41) is 16.7. The average Bonchev–Trinajstić information content (AvgIpc) is 3.20. The molecule has 148 valence electrons. The van der Waals surface area contributed by atoms with E-state index in [9.17, 15) is 10.1 Å². The fraction of sp³-hybridized carbons (Fsp3) is 0.333. The third-order valence-electron chi connectivity index (χ3n) is 5.42. The highest BCUT2D eigenvalue weighted by Gasteiger charge is 2.45. The topological polar surface area (TPSA) is 121 Å². The van der Waals surface area contributed by atoms with Crippen LogP contribution in [-0.2, 0) is 4.79 Å². The number of carbonyl (C=O) groups is 1. The van der Waals surface area contributed by atoms with Crippen LogP contribution in [0.25, 0.3) is 0 Å². The number of aromatic nitrogens is 3. The lowest BCUT2D eigenvalue weighted by Crippen LogP contribution is -2.42. The van der Waals surface area contributed by atoms with Gasteiger partial charge in [-0.05, 0) is 29.5 Å². The number of nitrogens with one attached hydrogen (secondary N) is 1. The fourth-order valence-electron chi connectivity index (χ4n) is 4.21. The van der Waals surface area contributed by atoms with Crippen molar-refractivity contribution < 1.29 is 9.53 Å². The molecule has 1 aliphatic carbocycles. The number of Topliss-reactive ketones (excluding diaryl/α,β-unsaturated/α-hetero) is 1.